The van der Waals surface area contributed by atoms with Crippen molar-refractivity contribution in [3.8, 4) is 17.0 Å². The Morgan fingerprint density at radius 1 is 1.20 bits per heavy atom. The third-order valence-corrected chi connectivity index (χ3v) is 4.35. The van der Waals surface area contributed by atoms with E-state index < -0.39 is 11.9 Å². The molecule has 0 unspecified atom stereocenters. The SMILES string of the molecule is Cc1ccc(-c2csc(NC(=O)[C@H](C)Oc3ccccc3F)n2)cc1. The fraction of sp³-hybridized carbons (Fsp3) is 0.158. The van der Waals surface area contributed by atoms with Gasteiger partial charge >= 0.3 is 0 Å². The first-order chi connectivity index (χ1) is 12.0. The Kier molecular flexibility index (Phi) is 5.09. The lowest BCUT2D eigenvalue weighted by Crippen LogP contribution is -2.30. The summed E-state index contributed by atoms with van der Waals surface area (Å²) in [6, 6.07) is 14.0. The van der Waals surface area contributed by atoms with Crippen LogP contribution in [0.3, 0.4) is 0 Å². The maximum Gasteiger partial charge on any atom is 0.266 e. The van der Waals surface area contributed by atoms with Crippen LogP contribution in [0, 0.1) is 12.7 Å². The van der Waals surface area contributed by atoms with Crippen molar-refractivity contribution in [1.82, 2.24) is 4.98 Å². The second-order valence-electron chi connectivity index (χ2n) is 5.58. The van der Waals surface area contributed by atoms with Crippen LogP contribution in [0.15, 0.2) is 53.9 Å². The van der Waals surface area contributed by atoms with Gasteiger partial charge in [0.05, 0.1) is 5.69 Å². The van der Waals surface area contributed by atoms with Crippen molar-refractivity contribution in [3.05, 3.63) is 65.3 Å². The van der Waals surface area contributed by atoms with E-state index in [1.165, 1.54) is 29.0 Å². The zero-order chi connectivity index (χ0) is 17.8. The minimum absolute atomic E-state index is 0.0460. The molecule has 1 N–H and O–H groups in total. The average molecular weight is 356 g/mol. The number of benzene rings is 2. The first kappa shape index (κ1) is 17.1. The smallest absolute Gasteiger partial charge is 0.266 e. The number of carbonyl (C=O) groups is 1. The molecule has 2 aromatic carbocycles. The molecule has 6 heteroatoms. The summed E-state index contributed by atoms with van der Waals surface area (Å²) in [6.45, 7) is 3.59. The van der Waals surface area contributed by atoms with Crippen LogP contribution in [0.5, 0.6) is 5.75 Å². The Balaban J connectivity index is 1.65. The van der Waals surface area contributed by atoms with Gasteiger partial charge in [0, 0.05) is 10.9 Å². The van der Waals surface area contributed by atoms with Gasteiger partial charge < -0.3 is 4.74 Å². The molecule has 0 aliphatic carbocycles. The molecule has 3 aromatic rings. The minimum atomic E-state index is -0.844. The maximum absolute atomic E-state index is 13.6. The molecule has 128 valence electrons. The third kappa shape index (κ3) is 4.22. The fourth-order valence-corrected chi connectivity index (χ4v) is 2.90. The molecule has 1 heterocycles. The number of nitrogens with one attached hydrogen (secondary N) is 1. The largest absolute Gasteiger partial charge is 0.478 e. The van der Waals surface area contributed by atoms with E-state index in [1.54, 1.807) is 19.1 Å². The number of hydrogen-bond donors (Lipinski definition) is 1. The van der Waals surface area contributed by atoms with E-state index in [2.05, 4.69) is 10.3 Å². The van der Waals surface area contributed by atoms with Crippen LogP contribution in [-0.2, 0) is 4.79 Å². The van der Waals surface area contributed by atoms with Crippen molar-refractivity contribution in [2.45, 2.75) is 20.0 Å². The van der Waals surface area contributed by atoms with Gasteiger partial charge in [-0.1, -0.05) is 42.0 Å². The van der Waals surface area contributed by atoms with Crippen LogP contribution in [-0.4, -0.2) is 17.0 Å². The summed E-state index contributed by atoms with van der Waals surface area (Å²) >= 11 is 1.33. The second-order valence-corrected chi connectivity index (χ2v) is 6.44. The fourth-order valence-electron chi connectivity index (χ4n) is 2.18. The lowest BCUT2D eigenvalue weighted by molar-refractivity contribution is -0.122. The van der Waals surface area contributed by atoms with Gasteiger partial charge in [0.25, 0.3) is 5.91 Å². The van der Waals surface area contributed by atoms with Gasteiger partial charge in [0.15, 0.2) is 22.8 Å². The molecular weight excluding hydrogens is 339 g/mol. The van der Waals surface area contributed by atoms with Crippen LogP contribution in [0.25, 0.3) is 11.3 Å². The van der Waals surface area contributed by atoms with Gasteiger partial charge in [-0.25, -0.2) is 9.37 Å². The van der Waals surface area contributed by atoms with Gasteiger partial charge in [-0.2, -0.15) is 0 Å². The summed E-state index contributed by atoms with van der Waals surface area (Å²) in [6.07, 6.45) is -0.844. The van der Waals surface area contributed by atoms with Gasteiger partial charge in [0.1, 0.15) is 0 Å². The predicted octanol–water partition coefficient (Wildman–Crippen LogP) is 4.66. The van der Waals surface area contributed by atoms with E-state index in [-0.39, 0.29) is 11.7 Å². The van der Waals surface area contributed by atoms with E-state index in [1.807, 2.05) is 36.6 Å². The highest BCUT2D eigenvalue weighted by molar-refractivity contribution is 7.14. The second kappa shape index (κ2) is 7.44. The zero-order valence-electron chi connectivity index (χ0n) is 13.8. The Labute approximate surface area is 149 Å². The molecule has 0 spiro atoms. The number of aromatic nitrogens is 1. The highest BCUT2D eigenvalue weighted by Gasteiger charge is 2.18. The number of aryl methyl sites for hydroxylation is 1. The number of rotatable bonds is 5. The van der Waals surface area contributed by atoms with Gasteiger partial charge in [0.2, 0.25) is 0 Å². The van der Waals surface area contributed by atoms with Crippen molar-refractivity contribution in [1.29, 1.82) is 0 Å². The molecule has 0 radical (unpaired) electrons. The molecule has 0 saturated carbocycles. The molecule has 25 heavy (non-hydrogen) atoms. The topological polar surface area (TPSA) is 51.2 Å². The summed E-state index contributed by atoms with van der Waals surface area (Å²) in [5.41, 5.74) is 2.95. The van der Waals surface area contributed by atoms with E-state index in [9.17, 15) is 9.18 Å². The summed E-state index contributed by atoms with van der Waals surface area (Å²) in [7, 11) is 0. The van der Waals surface area contributed by atoms with Gasteiger partial charge in [-0.15, -0.1) is 11.3 Å². The normalized spacial score (nSPS) is 11.8. The van der Waals surface area contributed by atoms with E-state index in [0.717, 1.165) is 11.3 Å². The minimum Gasteiger partial charge on any atom is -0.478 e. The molecule has 0 bridgehead atoms. The number of nitrogens with zero attached hydrogens (tertiary/aromatic N) is 1. The standard InChI is InChI=1S/C19H17FN2O2S/c1-12-7-9-14(10-8-12)16-11-25-19(21-16)22-18(23)13(2)24-17-6-4-3-5-15(17)20/h3-11,13H,1-2H3,(H,21,22,23)/t13-/m0/s1. The first-order valence-corrected chi connectivity index (χ1v) is 8.65. The Morgan fingerprint density at radius 2 is 1.92 bits per heavy atom. The molecule has 0 saturated heterocycles. The lowest BCUT2D eigenvalue weighted by Gasteiger charge is -2.14. The molecule has 3 rings (SSSR count). The van der Waals surface area contributed by atoms with E-state index in [4.69, 9.17) is 4.74 Å². The molecule has 0 aliphatic heterocycles. The number of anilines is 1. The quantitative estimate of drug-likeness (QED) is 0.723. The van der Waals surface area contributed by atoms with Crippen molar-refractivity contribution < 1.29 is 13.9 Å². The predicted molar refractivity (Wildman–Crippen MR) is 97.4 cm³/mol. The van der Waals surface area contributed by atoms with Crippen molar-refractivity contribution in [2.24, 2.45) is 0 Å². The maximum atomic E-state index is 13.6. The first-order valence-electron chi connectivity index (χ1n) is 7.77. The van der Waals surface area contributed by atoms with Gasteiger partial charge in [-0.05, 0) is 26.0 Å². The molecule has 0 fully saturated rings. The molecule has 1 amide bonds. The lowest BCUT2D eigenvalue weighted by atomic mass is 10.1. The van der Waals surface area contributed by atoms with Crippen LogP contribution in [0.2, 0.25) is 0 Å². The van der Waals surface area contributed by atoms with Crippen LogP contribution in [0.4, 0.5) is 9.52 Å². The van der Waals surface area contributed by atoms with Crippen LogP contribution in [0.1, 0.15) is 12.5 Å². The highest BCUT2D eigenvalue weighted by atomic mass is 32.1. The molecular formula is C19H17FN2O2S. The average Bonchev–Trinajstić information content (AvgIpc) is 3.06. The van der Waals surface area contributed by atoms with Crippen LogP contribution >= 0.6 is 11.3 Å². The molecule has 1 aromatic heterocycles. The van der Waals surface area contributed by atoms with Crippen molar-refractivity contribution >= 4 is 22.4 Å². The van der Waals surface area contributed by atoms with E-state index >= 15 is 0 Å². The number of halogens is 1. The number of carbonyl (C=O) groups excluding carboxylic acids is 1. The number of hydrogen-bond acceptors (Lipinski definition) is 4. The van der Waals surface area contributed by atoms with Crippen molar-refractivity contribution in [2.75, 3.05) is 5.32 Å². The van der Waals surface area contributed by atoms with Crippen molar-refractivity contribution in [3.63, 3.8) is 0 Å². The summed E-state index contributed by atoms with van der Waals surface area (Å²) in [5.74, 6) is -0.837. The molecule has 0 aliphatic rings. The molecule has 1 atom stereocenters. The number of thiazole rings is 1. The Hall–Kier alpha value is -2.73. The summed E-state index contributed by atoms with van der Waals surface area (Å²) < 4.78 is 19.0. The van der Waals surface area contributed by atoms with E-state index in [0.29, 0.717) is 5.13 Å². The zero-order valence-corrected chi connectivity index (χ0v) is 14.6. The number of ether oxygens (including phenoxy) is 1. The number of amides is 1. The Bertz CT molecular complexity index is 877. The van der Waals surface area contributed by atoms with Crippen LogP contribution < -0.4 is 10.1 Å². The third-order valence-electron chi connectivity index (χ3n) is 3.59. The Morgan fingerprint density at radius 3 is 2.64 bits per heavy atom. The monoisotopic (exact) mass is 356 g/mol. The molecule has 4 nitrogen and oxygen atoms in total. The highest BCUT2D eigenvalue weighted by Crippen LogP contribution is 2.25. The van der Waals surface area contributed by atoms with Gasteiger partial charge in [-0.3, -0.25) is 10.1 Å². The number of para-hydroxylation sites is 1. The summed E-state index contributed by atoms with van der Waals surface area (Å²) in [5, 5.41) is 5.06. The summed E-state index contributed by atoms with van der Waals surface area (Å²) in [4.78, 5) is 16.6.